The van der Waals surface area contributed by atoms with Gasteiger partial charge in [0.1, 0.15) is 11.6 Å². The van der Waals surface area contributed by atoms with E-state index >= 15 is 0 Å². The molecule has 8 heteroatoms. The number of thioether (sulfide) groups is 1. The van der Waals surface area contributed by atoms with E-state index in [2.05, 4.69) is 0 Å². The minimum Gasteiger partial charge on any atom is -0.508 e. The molecular weight excluding hydrogens is 412 g/mol. The first-order chi connectivity index (χ1) is 14.3. The Kier molecular flexibility index (Phi) is 6.58. The molecule has 0 amide bonds. The van der Waals surface area contributed by atoms with Gasteiger partial charge in [0, 0.05) is 17.4 Å². The molecule has 3 rings (SSSR count). The van der Waals surface area contributed by atoms with Gasteiger partial charge in [-0.05, 0) is 59.7 Å². The highest BCUT2D eigenvalue weighted by atomic mass is 32.2. The normalized spacial score (nSPS) is 11.3. The van der Waals surface area contributed by atoms with Crippen molar-refractivity contribution in [2.75, 3.05) is 0 Å². The first-order valence-electron chi connectivity index (χ1n) is 8.70. The molecule has 30 heavy (non-hydrogen) atoms. The number of carbonyl (C=O) groups excluding carboxylic acids is 1. The summed E-state index contributed by atoms with van der Waals surface area (Å²) in [6.45, 7) is 0. The van der Waals surface area contributed by atoms with Crippen molar-refractivity contribution in [3.05, 3.63) is 110 Å². The first-order valence-corrected chi connectivity index (χ1v) is 9.68. The largest absolute Gasteiger partial charge is 0.508 e. The fourth-order valence-corrected chi connectivity index (χ4v) is 3.56. The number of allylic oxidation sites excluding steroid dienone is 1. The first kappa shape index (κ1) is 21.2. The van der Waals surface area contributed by atoms with Gasteiger partial charge in [0.05, 0.1) is 9.83 Å². The third-order valence-electron chi connectivity index (χ3n) is 4.13. The van der Waals surface area contributed by atoms with Crippen LogP contribution in [-0.4, -0.2) is 15.8 Å². The predicted molar refractivity (Wildman–Crippen MR) is 111 cm³/mol. The third-order valence-corrected chi connectivity index (χ3v) is 5.22. The number of hydrogen-bond donors (Lipinski definition) is 1. The number of rotatable bonds is 7. The quantitative estimate of drug-likeness (QED) is 0.225. The number of benzene rings is 3. The highest BCUT2D eigenvalue weighted by molar-refractivity contribution is 8.03. The summed E-state index contributed by atoms with van der Waals surface area (Å²) in [5, 5.41) is 20.4. The second-order valence-electron chi connectivity index (χ2n) is 6.27. The molecule has 0 spiro atoms. The number of halogens is 2. The summed E-state index contributed by atoms with van der Waals surface area (Å²) in [5.41, 5.74) is 0.679. The van der Waals surface area contributed by atoms with Crippen molar-refractivity contribution in [1.29, 1.82) is 0 Å². The number of hydrogen-bond acceptors (Lipinski definition) is 5. The monoisotopic (exact) mass is 427 g/mol. The standard InChI is InChI=1S/C22H15F2NO4S/c23-17-6-1-14(2-7-17)13-30-21(22(27)16-4-8-18(26)9-5-16)12-15-3-10-19(24)20(11-15)25(28)29/h1-12,26H,13H2. The van der Waals surface area contributed by atoms with E-state index in [1.807, 2.05) is 0 Å². The summed E-state index contributed by atoms with van der Waals surface area (Å²) >= 11 is 1.16. The van der Waals surface area contributed by atoms with Crippen LogP contribution in [0.25, 0.3) is 6.08 Å². The van der Waals surface area contributed by atoms with Crippen molar-refractivity contribution in [3.63, 3.8) is 0 Å². The zero-order chi connectivity index (χ0) is 21.7. The van der Waals surface area contributed by atoms with E-state index in [9.17, 15) is 28.8 Å². The number of Topliss-reactive ketones (excluding diaryl/α,β-unsaturated/α-hetero) is 1. The van der Waals surface area contributed by atoms with Crippen LogP contribution < -0.4 is 0 Å². The lowest BCUT2D eigenvalue weighted by atomic mass is 10.1. The Bertz CT molecular complexity index is 1110. The van der Waals surface area contributed by atoms with Crippen LogP contribution >= 0.6 is 11.8 Å². The molecule has 0 saturated carbocycles. The van der Waals surface area contributed by atoms with E-state index in [0.717, 1.165) is 29.5 Å². The van der Waals surface area contributed by atoms with Gasteiger partial charge in [-0.1, -0.05) is 18.2 Å². The Morgan fingerprint density at radius 2 is 1.70 bits per heavy atom. The SMILES string of the molecule is O=C(C(=Cc1ccc(F)c([N+](=O)[O-])c1)SCc1ccc(F)cc1)c1ccc(O)cc1. The molecule has 0 unspecified atom stereocenters. The van der Waals surface area contributed by atoms with E-state index in [0.29, 0.717) is 11.3 Å². The molecule has 0 aliphatic heterocycles. The van der Waals surface area contributed by atoms with Gasteiger partial charge in [0.2, 0.25) is 5.82 Å². The lowest BCUT2D eigenvalue weighted by Gasteiger charge is -2.08. The number of nitrogens with zero attached hydrogens (tertiary/aromatic N) is 1. The molecule has 0 fully saturated rings. The molecule has 0 aliphatic rings. The molecule has 0 bridgehead atoms. The number of ketones is 1. The third kappa shape index (κ3) is 5.30. The lowest BCUT2D eigenvalue weighted by Crippen LogP contribution is -2.01. The minimum absolute atomic E-state index is 0.00482. The Labute approximate surface area is 174 Å². The van der Waals surface area contributed by atoms with Gasteiger partial charge in [-0.3, -0.25) is 14.9 Å². The summed E-state index contributed by atoms with van der Waals surface area (Å²) in [4.78, 5) is 23.4. The van der Waals surface area contributed by atoms with E-state index in [1.165, 1.54) is 48.5 Å². The van der Waals surface area contributed by atoms with E-state index in [4.69, 9.17) is 0 Å². The van der Waals surface area contributed by atoms with Gasteiger partial charge >= 0.3 is 5.69 Å². The van der Waals surface area contributed by atoms with Crippen LogP contribution in [0.5, 0.6) is 5.75 Å². The topological polar surface area (TPSA) is 80.4 Å². The van der Waals surface area contributed by atoms with Crippen molar-refractivity contribution >= 4 is 29.3 Å². The van der Waals surface area contributed by atoms with Crippen LogP contribution in [0.15, 0.2) is 71.6 Å². The summed E-state index contributed by atoms with van der Waals surface area (Å²) in [7, 11) is 0. The molecule has 5 nitrogen and oxygen atoms in total. The van der Waals surface area contributed by atoms with Crippen LogP contribution in [0.3, 0.4) is 0 Å². The molecule has 0 heterocycles. The summed E-state index contributed by atoms with van der Waals surface area (Å²) in [6, 6.07) is 14.8. The van der Waals surface area contributed by atoms with Gasteiger partial charge in [0.25, 0.3) is 0 Å². The second-order valence-corrected chi connectivity index (χ2v) is 7.28. The van der Waals surface area contributed by atoms with Crippen LogP contribution in [0, 0.1) is 21.7 Å². The Morgan fingerprint density at radius 1 is 1.03 bits per heavy atom. The Hall–Kier alpha value is -3.52. The van der Waals surface area contributed by atoms with Gasteiger partial charge in [0.15, 0.2) is 5.78 Å². The molecule has 3 aromatic carbocycles. The highest BCUT2D eigenvalue weighted by Crippen LogP contribution is 2.29. The summed E-state index contributed by atoms with van der Waals surface area (Å²) in [5.74, 6) is -1.36. The number of phenols is 1. The number of aromatic hydroxyl groups is 1. The summed E-state index contributed by atoms with van der Waals surface area (Å²) < 4.78 is 26.7. The van der Waals surface area contributed by atoms with Crippen LogP contribution in [0.4, 0.5) is 14.5 Å². The fraction of sp³-hybridized carbons (Fsp3) is 0.0455. The van der Waals surface area contributed by atoms with E-state index in [-0.39, 0.29) is 27.8 Å². The number of nitro groups is 1. The average molecular weight is 427 g/mol. The van der Waals surface area contributed by atoms with Gasteiger partial charge in [-0.15, -0.1) is 11.8 Å². The maximum Gasteiger partial charge on any atom is 0.305 e. The van der Waals surface area contributed by atoms with Gasteiger partial charge < -0.3 is 5.11 Å². The maximum absolute atomic E-state index is 13.6. The van der Waals surface area contributed by atoms with Crippen LogP contribution in [0.1, 0.15) is 21.5 Å². The summed E-state index contributed by atoms with van der Waals surface area (Å²) in [6.07, 6.45) is 1.44. The molecule has 0 aliphatic carbocycles. The molecule has 1 N–H and O–H groups in total. The van der Waals surface area contributed by atoms with Crippen LogP contribution in [-0.2, 0) is 5.75 Å². The second kappa shape index (κ2) is 9.32. The van der Waals surface area contributed by atoms with Crippen LogP contribution in [0.2, 0.25) is 0 Å². The Balaban J connectivity index is 1.95. The molecule has 152 valence electrons. The molecule has 0 saturated heterocycles. The maximum atomic E-state index is 13.6. The highest BCUT2D eigenvalue weighted by Gasteiger charge is 2.17. The predicted octanol–water partition coefficient (Wildman–Crippen LogP) is 5.74. The van der Waals surface area contributed by atoms with Crippen molar-refractivity contribution in [2.24, 2.45) is 0 Å². The molecule has 0 aromatic heterocycles. The smallest absolute Gasteiger partial charge is 0.305 e. The lowest BCUT2D eigenvalue weighted by molar-refractivity contribution is -0.387. The Morgan fingerprint density at radius 3 is 2.33 bits per heavy atom. The fourth-order valence-electron chi connectivity index (χ4n) is 2.58. The van der Waals surface area contributed by atoms with Crippen molar-refractivity contribution in [1.82, 2.24) is 0 Å². The van der Waals surface area contributed by atoms with Crippen molar-refractivity contribution in [2.45, 2.75) is 5.75 Å². The zero-order valence-electron chi connectivity index (χ0n) is 15.4. The molecule has 0 atom stereocenters. The molecule has 3 aromatic rings. The number of nitro benzene ring substituents is 1. The minimum atomic E-state index is -0.970. The molecule has 0 radical (unpaired) electrons. The van der Waals surface area contributed by atoms with E-state index in [1.54, 1.807) is 12.1 Å². The molecular formula is C22H15F2NO4S. The van der Waals surface area contributed by atoms with E-state index < -0.39 is 16.4 Å². The average Bonchev–Trinajstić information content (AvgIpc) is 2.73. The van der Waals surface area contributed by atoms with Gasteiger partial charge in [-0.25, -0.2) is 4.39 Å². The number of phenolic OH excluding ortho intramolecular Hbond substituents is 1. The number of carbonyl (C=O) groups is 1. The van der Waals surface area contributed by atoms with Crippen molar-refractivity contribution < 1.29 is 23.6 Å². The van der Waals surface area contributed by atoms with Gasteiger partial charge in [-0.2, -0.15) is 4.39 Å². The van der Waals surface area contributed by atoms with Crippen molar-refractivity contribution in [3.8, 4) is 5.75 Å². The zero-order valence-corrected chi connectivity index (χ0v) is 16.2.